The standard InChI is InChI=1S/C16H18FN5O/c17-14-3-4-19-11-13(14)16(23)22-7-5-21(6-8-22)15-2-1-12(9-18)10-20-15/h1-2,10,19H,3-8,11H2. The number of halogens is 1. The lowest BCUT2D eigenvalue weighted by Gasteiger charge is -2.36. The van der Waals surface area contributed by atoms with Gasteiger partial charge in [0.1, 0.15) is 17.7 Å². The number of piperazine rings is 1. The molecule has 2 aliphatic rings. The summed E-state index contributed by atoms with van der Waals surface area (Å²) < 4.78 is 13.8. The Hall–Kier alpha value is -2.46. The van der Waals surface area contributed by atoms with E-state index in [1.165, 1.54) is 0 Å². The molecule has 7 heteroatoms. The van der Waals surface area contributed by atoms with Crippen LogP contribution in [0.1, 0.15) is 12.0 Å². The van der Waals surface area contributed by atoms with Crippen LogP contribution in [0.5, 0.6) is 0 Å². The lowest BCUT2D eigenvalue weighted by atomic mass is 10.1. The van der Waals surface area contributed by atoms with E-state index in [4.69, 9.17) is 5.26 Å². The van der Waals surface area contributed by atoms with E-state index in [0.717, 1.165) is 5.82 Å². The van der Waals surface area contributed by atoms with Crippen LogP contribution in [0.25, 0.3) is 0 Å². The zero-order valence-corrected chi connectivity index (χ0v) is 12.8. The fraction of sp³-hybridized carbons (Fsp3) is 0.438. The topological polar surface area (TPSA) is 72.3 Å². The summed E-state index contributed by atoms with van der Waals surface area (Å²) in [6, 6.07) is 5.58. The normalized spacial score (nSPS) is 18.8. The van der Waals surface area contributed by atoms with Gasteiger partial charge in [0, 0.05) is 51.9 Å². The minimum atomic E-state index is -0.287. The molecule has 0 atom stereocenters. The predicted molar refractivity (Wildman–Crippen MR) is 83.4 cm³/mol. The number of anilines is 1. The Bertz CT molecular complexity index is 656. The Morgan fingerprint density at radius 2 is 2.09 bits per heavy atom. The van der Waals surface area contributed by atoms with E-state index >= 15 is 0 Å². The number of nitriles is 1. The van der Waals surface area contributed by atoms with Crippen molar-refractivity contribution in [3.05, 3.63) is 35.3 Å². The summed E-state index contributed by atoms with van der Waals surface area (Å²) in [5.74, 6) is 0.299. The van der Waals surface area contributed by atoms with E-state index in [1.807, 2.05) is 12.1 Å². The van der Waals surface area contributed by atoms with Crippen molar-refractivity contribution in [3.8, 4) is 6.07 Å². The minimum absolute atomic E-state index is 0.206. The van der Waals surface area contributed by atoms with Crippen molar-refractivity contribution in [3.63, 3.8) is 0 Å². The molecule has 0 saturated carbocycles. The van der Waals surface area contributed by atoms with Crippen molar-refractivity contribution < 1.29 is 9.18 Å². The van der Waals surface area contributed by atoms with Crippen LogP contribution in [-0.2, 0) is 4.79 Å². The van der Waals surface area contributed by atoms with Gasteiger partial charge < -0.3 is 15.1 Å². The Balaban J connectivity index is 1.61. The van der Waals surface area contributed by atoms with Crippen LogP contribution in [0.2, 0.25) is 0 Å². The van der Waals surface area contributed by atoms with E-state index in [0.29, 0.717) is 44.8 Å². The third kappa shape index (κ3) is 3.32. The van der Waals surface area contributed by atoms with Crippen molar-refractivity contribution in [1.29, 1.82) is 5.26 Å². The molecule has 23 heavy (non-hydrogen) atoms. The van der Waals surface area contributed by atoms with Crippen LogP contribution >= 0.6 is 0 Å². The van der Waals surface area contributed by atoms with Crippen LogP contribution < -0.4 is 10.2 Å². The molecule has 120 valence electrons. The van der Waals surface area contributed by atoms with Gasteiger partial charge in [0.25, 0.3) is 5.91 Å². The number of carbonyl (C=O) groups is 1. The van der Waals surface area contributed by atoms with Crippen molar-refractivity contribution >= 4 is 11.7 Å². The molecule has 1 aromatic rings. The van der Waals surface area contributed by atoms with Gasteiger partial charge in [-0.2, -0.15) is 5.26 Å². The quantitative estimate of drug-likeness (QED) is 0.875. The Labute approximate surface area is 134 Å². The van der Waals surface area contributed by atoms with Gasteiger partial charge in [-0.25, -0.2) is 9.37 Å². The van der Waals surface area contributed by atoms with Gasteiger partial charge in [0.05, 0.1) is 11.1 Å². The van der Waals surface area contributed by atoms with Gasteiger partial charge >= 0.3 is 0 Å². The first-order valence-corrected chi connectivity index (χ1v) is 7.67. The number of nitrogens with one attached hydrogen (secondary N) is 1. The molecular weight excluding hydrogens is 297 g/mol. The van der Waals surface area contributed by atoms with Gasteiger partial charge in [-0.15, -0.1) is 0 Å². The fourth-order valence-corrected chi connectivity index (χ4v) is 2.82. The van der Waals surface area contributed by atoms with E-state index < -0.39 is 0 Å². The minimum Gasteiger partial charge on any atom is -0.353 e. The van der Waals surface area contributed by atoms with Crippen molar-refractivity contribution in [1.82, 2.24) is 15.2 Å². The molecule has 0 unspecified atom stereocenters. The molecule has 6 nitrogen and oxygen atoms in total. The zero-order chi connectivity index (χ0) is 16.2. The molecular formula is C16H18FN5O. The van der Waals surface area contributed by atoms with E-state index in [-0.39, 0.29) is 23.7 Å². The maximum Gasteiger partial charge on any atom is 0.253 e. The highest BCUT2D eigenvalue weighted by molar-refractivity contribution is 5.94. The van der Waals surface area contributed by atoms with Gasteiger partial charge in [-0.3, -0.25) is 4.79 Å². The molecule has 0 radical (unpaired) electrons. The van der Waals surface area contributed by atoms with Crippen molar-refractivity contribution in [2.45, 2.75) is 6.42 Å². The number of hydrogen-bond donors (Lipinski definition) is 1. The molecule has 3 heterocycles. The number of hydrogen-bond acceptors (Lipinski definition) is 5. The largest absolute Gasteiger partial charge is 0.353 e. The molecule has 0 aromatic carbocycles. The van der Waals surface area contributed by atoms with Crippen LogP contribution in [0, 0.1) is 11.3 Å². The highest BCUT2D eigenvalue weighted by Gasteiger charge is 2.27. The third-order valence-electron chi connectivity index (χ3n) is 4.18. The molecule has 0 aliphatic carbocycles. The summed E-state index contributed by atoms with van der Waals surface area (Å²) in [5.41, 5.74) is 0.788. The molecule has 1 amide bonds. The predicted octanol–water partition coefficient (Wildman–Crippen LogP) is 0.819. The zero-order valence-electron chi connectivity index (χ0n) is 12.8. The molecule has 0 bridgehead atoms. The van der Waals surface area contributed by atoms with Crippen LogP contribution in [0.4, 0.5) is 10.2 Å². The fourth-order valence-electron chi connectivity index (χ4n) is 2.82. The smallest absolute Gasteiger partial charge is 0.253 e. The molecule has 1 fully saturated rings. The molecule has 2 aliphatic heterocycles. The van der Waals surface area contributed by atoms with Gasteiger partial charge in [-0.1, -0.05) is 0 Å². The number of pyridine rings is 1. The number of amides is 1. The third-order valence-corrected chi connectivity index (χ3v) is 4.18. The Kier molecular flexibility index (Phi) is 4.53. The summed E-state index contributed by atoms with van der Waals surface area (Å²) in [7, 11) is 0. The molecule has 1 aromatic heterocycles. The maximum absolute atomic E-state index is 13.8. The highest BCUT2D eigenvalue weighted by Crippen LogP contribution is 2.19. The number of nitrogens with zero attached hydrogens (tertiary/aromatic N) is 4. The molecule has 3 rings (SSSR count). The average Bonchev–Trinajstić information content (AvgIpc) is 2.62. The molecule has 0 spiro atoms. The second-order valence-electron chi connectivity index (χ2n) is 5.61. The summed E-state index contributed by atoms with van der Waals surface area (Å²) in [6.07, 6.45) is 1.83. The van der Waals surface area contributed by atoms with E-state index in [9.17, 15) is 9.18 Å². The average molecular weight is 315 g/mol. The van der Waals surface area contributed by atoms with Crippen LogP contribution in [0.3, 0.4) is 0 Å². The molecule has 1 N–H and O–H groups in total. The lowest BCUT2D eigenvalue weighted by molar-refractivity contribution is -0.127. The Morgan fingerprint density at radius 3 is 2.70 bits per heavy atom. The summed E-state index contributed by atoms with van der Waals surface area (Å²) >= 11 is 0. The molecule has 1 saturated heterocycles. The second kappa shape index (κ2) is 6.75. The van der Waals surface area contributed by atoms with E-state index in [1.54, 1.807) is 17.2 Å². The van der Waals surface area contributed by atoms with Gasteiger partial charge in [0.15, 0.2) is 0 Å². The monoisotopic (exact) mass is 315 g/mol. The number of carbonyl (C=O) groups excluding carboxylic acids is 1. The first-order chi connectivity index (χ1) is 11.2. The summed E-state index contributed by atoms with van der Waals surface area (Å²) in [4.78, 5) is 20.4. The highest BCUT2D eigenvalue weighted by atomic mass is 19.1. The summed E-state index contributed by atoms with van der Waals surface area (Å²) in [5, 5.41) is 11.8. The van der Waals surface area contributed by atoms with Crippen LogP contribution in [-0.4, -0.2) is 55.1 Å². The van der Waals surface area contributed by atoms with Gasteiger partial charge in [-0.05, 0) is 12.1 Å². The van der Waals surface area contributed by atoms with E-state index in [2.05, 4.69) is 15.2 Å². The van der Waals surface area contributed by atoms with Crippen molar-refractivity contribution in [2.75, 3.05) is 44.2 Å². The number of aromatic nitrogens is 1. The second-order valence-corrected chi connectivity index (χ2v) is 5.61. The Morgan fingerprint density at radius 1 is 1.30 bits per heavy atom. The lowest BCUT2D eigenvalue weighted by Crippen LogP contribution is -2.50. The van der Waals surface area contributed by atoms with Gasteiger partial charge in [0.2, 0.25) is 0 Å². The number of rotatable bonds is 2. The maximum atomic E-state index is 13.8. The first kappa shape index (κ1) is 15.4. The summed E-state index contributed by atoms with van der Waals surface area (Å²) in [6.45, 7) is 3.26. The SMILES string of the molecule is N#Cc1ccc(N2CCN(C(=O)C3=C(F)CCNC3)CC2)nc1. The van der Waals surface area contributed by atoms with Crippen LogP contribution in [0.15, 0.2) is 29.7 Å². The first-order valence-electron chi connectivity index (χ1n) is 7.67. The van der Waals surface area contributed by atoms with Crippen molar-refractivity contribution in [2.24, 2.45) is 0 Å².